The third-order valence-corrected chi connectivity index (χ3v) is 6.66. The molecule has 2 aliphatic rings. The quantitative estimate of drug-likeness (QED) is 0.515. The number of piperidine rings is 1. The van der Waals surface area contributed by atoms with Gasteiger partial charge in [0.25, 0.3) is 11.8 Å². The number of nitrogens with zero attached hydrogens (tertiary/aromatic N) is 3. The van der Waals surface area contributed by atoms with Crippen molar-refractivity contribution < 1.29 is 14.0 Å². The van der Waals surface area contributed by atoms with Gasteiger partial charge in [-0.15, -0.1) is 0 Å². The molecule has 0 atom stereocenters. The van der Waals surface area contributed by atoms with E-state index in [0.717, 1.165) is 24.8 Å². The molecule has 0 bridgehead atoms. The van der Waals surface area contributed by atoms with E-state index in [0.29, 0.717) is 35.8 Å². The highest BCUT2D eigenvalue weighted by Gasteiger charge is 2.42. The van der Waals surface area contributed by atoms with Crippen molar-refractivity contribution in [2.24, 2.45) is 5.92 Å². The average molecular weight is 456 g/mol. The molecule has 1 fully saturated rings. The minimum Gasteiger partial charge on any atom is -0.366 e. The Morgan fingerprint density at radius 3 is 2.18 bits per heavy atom. The van der Waals surface area contributed by atoms with Gasteiger partial charge in [0.1, 0.15) is 11.5 Å². The van der Waals surface area contributed by atoms with E-state index in [1.54, 1.807) is 36.7 Å². The topological polar surface area (TPSA) is 53.5 Å². The molecular weight excluding hydrogens is 429 g/mol. The highest BCUT2D eigenvalue weighted by atomic mass is 19.1. The minimum atomic E-state index is -0.377. The van der Waals surface area contributed by atoms with Gasteiger partial charge in [0, 0.05) is 25.5 Å². The Kier molecular flexibility index (Phi) is 6.21. The molecular formula is C28H26FN3O2. The summed E-state index contributed by atoms with van der Waals surface area (Å²) >= 11 is 0. The summed E-state index contributed by atoms with van der Waals surface area (Å²) < 4.78 is 13.6. The molecule has 2 amide bonds. The molecule has 0 spiro atoms. The summed E-state index contributed by atoms with van der Waals surface area (Å²) in [6, 6.07) is 19.9. The van der Waals surface area contributed by atoms with Gasteiger partial charge in [0.2, 0.25) is 0 Å². The molecule has 34 heavy (non-hydrogen) atoms. The highest BCUT2D eigenvalue weighted by molar-refractivity contribution is 6.35. The zero-order valence-corrected chi connectivity index (χ0v) is 18.9. The van der Waals surface area contributed by atoms with Gasteiger partial charge in [-0.05, 0) is 66.1 Å². The lowest BCUT2D eigenvalue weighted by Crippen LogP contribution is -2.38. The van der Waals surface area contributed by atoms with Crippen LogP contribution in [0.5, 0.6) is 0 Å². The second-order valence-corrected chi connectivity index (χ2v) is 8.90. The Labute approximate surface area is 198 Å². The molecule has 2 aliphatic heterocycles. The molecule has 5 rings (SSSR count). The van der Waals surface area contributed by atoms with Crippen LogP contribution in [-0.2, 0) is 22.6 Å². The summed E-state index contributed by atoms with van der Waals surface area (Å²) in [6.07, 6.45) is 6.20. The monoisotopic (exact) mass is 455 g/mol. The maximum absolute atomic E-state index is 13.6. The molecule has 5 nitrogen and oxygen atoms in total. The van der Waals surface area contributed by atoms with Crippen molar-refractivity contribution in [3.8, 4) is 0 Å². The molecule has 0 saturated carbocycles. The van der Waals surface area contributed by atoms with Crippen molar-refractivity contribution in [3.05, 3.63) is 107 Å². The van der Waals surface area contributed by atoms with Crippen molar-refractivity contribution in [2.45, 2.75) is 25.8 Å². The predicted octanol–water partition coefficient (Wildman–Crippen LogP) is 4.46. The number of benzene rings is 2. The molecule has 0 radical (unpaired) electrons. The summed E-state index contributed by atoms with van der Waals surface area (Å²) in [5.41, 5.74) is 3.52. The number of hydrogen-bond acceptors (Lipinski definition) is 4. The van der Waals surface area contributed by atoms with E-state index in [-0.39, 0.29) is 24.2 Å². The highest BCUT2D eigenvalue weighted by Crippen LogP contribution is 2.35. The van der Waals surface area contributed by atoms with Crippen molar-refractivity contribution >= 4 is 17.4 Å². The predicted molar refractivity (Wildman–Crippen MR) is 128 cm³/mol. The molecule has 3 aromatic rings. The van der Waals surface area contributed by atoms with Gasteiger partial charge in [0.15, 0.2) is 0 Å². The summed E-state index contributed by atoms with van der Waals surface area (Å²) in [7, 11) is 0. The number of pyridine rings is 1. The Morgan fingerprint density at radius 2 is 1.50 bits per heavy atom. The fourth-order valence-electron chi connectivity index (χ4n) is 4.86. The van der Waals surface area contributed by atoms with Crippen LogP contribution in [0.4, 0.5) is 4.39 Å². The van der Waals surface area contributed by atoms with Crippen LogP contribution in [0.3, 0.4) is 0 Å². The van der Waals surface area contributed by atoms with E-state index in [1.807, 2.05) is 11.0 Å². The van der Waals surface area contributed by atoms with Gasteiger partial charge in [-0.25, -0.2) is 4.39 Å². The minimum absolute atomic E-state index is 0.179. The summed E-state index contributed by atoms with van der Waals surface area (Å²) in [5.74, 6) is -0.468. The Hall–Kier alpha value is -3.80. The van der Waals surface area contributed by atoms with Gasteiger partial charge < -0.3 is 4.90 Å². The standard InChI is InChI=1S/C28H26FN3O2/c29-24-8-6-23(7-9-24)25-26(28(34)32(27(25)33)19-22-10-14-30-15-11-22)31-16-12-21(13-17-31)18-20-4-2-1-3-5-20/h1-11,14-15,21H,12-13,16-19H2. The van der Waals surface area contributed by atoms with Crippen LogP contribution in [0, 0.1) is 11.7 Å². The zero-order chi connectivity index (χ0) is 23.5. The second-order valence-electron chi connectivity index (χ2n) is 8.90. The van der Waals surface area contributed by atoms with E-state index in [2.05, 4.69) is 29.2 Å². The molecule has 172 valence electrons. The van der Waals surface area contributed by atoms with Crippen molar-refractivity contribution in [2.75, 3.05) is 13.1 Å². The van der Waals surface area contributed by atoms with Crippen LogP contribution < -0.4 is 0 Å². The van der Waals surface area contributed by atoms with E-state index in [4.69, 9.17) is 0 Å². The number of likely N-dealkylation sites (tertiary alicyclic amines) is 1. The maximum Gasteiger partial charge on any atom is 0.278 e. The zero-order valence-electron chi connectivity index (χ0n) is 18.9. The largest absolute Gasteiger partial charge is 0.366 e. The van der Waals surface area contributed by atoms with Crippen LogP contribution in [0.2, 0.25) is 0 Å². The molecule has 2 aromatic carbocycles. The summed E-state index contributed by atoms with van der Waals surface area (Å²) in [5, 5.41) is 0. The van der Waals surface area contributed by atoms with Gasteiger partial charge in [-0.3, -0.25) is 19.5 Å². The number of aromatic nitrogens is 1. The van der Waals surface area contributed by atoms with Gasteiger partial charge >= 0.3 is 0 Å². The maximum atomic E-state index is 13.6. The van der Waals surface area contributed by atoms with Crippen LogP contribution in [0.1, 0.15) is 29.5 Å². The Morgan fingerprint density at radius 1 is 0.824 bits per heavy atom. The van der Waals surface area contributed by atoms with Crippen molar-refractivity contribution in [1.29, 1.82) is 0 Å². The Balaban J connectivity index is 1.40. The van der Waals surface area contributed by atoms with Crippen molar-refractivity contribution in [1.82, 2.24) is 14.8 Å². The van der Waals surface area contributed by atoms with E-state index in [1.165, 1.54) is 22.6 Å². The molecule has 0 N–H and O–H groups in total. The van der Waals surface area contributed by atoms with E-state index < -0.39 is 0 Å². The number of rotatable bonds is 6. The van der Waals surface area contributed by atoms with Crippen molar-refractivity contribution in [3.63, 3.8) is 0 Å². The smallest absolute Gasteiger partial charge is 0.278 e. The fourth-order valence-corrected chi connectivity index (χ4v) is 4.86. The normalized spacial score (nSPS) is 17.1. The van der Waals surface area contributed by atoms with Crippen LogP contribution in [0.15, 0.2) is 84.8 Å². The first-order valence-electron chi connectivity index (χ1n) is 11.6. The molecule has 0 unspecified atom stereocenters. The number of halogens is 1. The lowest BCUT2D eigenvalue weighted by molar-refractivity contribution is -0.138. The fraction of sp³-hybridized carbons (Fsp3) is 0.250. The number of amides is 2. The van der Waals surface area contributed by atoms with Gasteiger partial charge in [0.05, 0.1) is 12.1 Å². The third kappa shape index (κ3) is 4.49. The first kappa shape index (κ1) is 22.0. The van der Waals surface area contributed by atoms with Crippen LogP contribution in [-0.4, -0.2) is 39.7 Å². The number of carbonyl (C=O) groups excluding carboxylic acids is 2. The number of hydrogen-bond donors (Lipinski definition) is 0. The first-order valence-corrected chi connectivity index (χ1v) is 11.6. The number of imide groups is 1. The lowest BCUT2D eigenvalue weighted by atomic mass is 9.89. The summed E-state index contributed by atoms with van der Waals surface area (Å²) in [4.78, 5) is 34.4. The second kappa shape index (κ2) is 9.59. The average Bonchev–Trinajstić information content (AvgIpc) is 3.11. The molecule has 1 aromatic heterocycles. The summed E-state index contributed by atoms with van der Waals surface area (Å²) in [6.45, 7) is 1.60. The molecule has 0 aliphatic carbocycles. The van der Waals surface area contributed by atoms with Gasteiger partial charge in [-0.2, -0.15) is 0 Å². The molecule has 1 saturated heterocycles. The van der Waals surface area contributed by atoms with Gasteiger partial charge in [-0.1, -0.05) is 42.5 Å². The molecule has 3 heterocycles. The first-order chi connectivity index (χ1) is 16.6. The van der Waals surface area contributed by atoms with Crippen LogP contribution >= 0.6 is 0 Å². The number of carbonyl (C=O) groups is 2. The van der Waals surface area contributed by atoms with E-state index in [9.17, 15) is 14.0 Å². The van der Waals surface area contributed by atoms with E-state index >= 15 is 0 Å². The lowest BCUT2D eigenvalue weighted by Gasteiger charge is -2.34. The Bertz CT molecular complexity index is 1200. The SMILES string of the molecule is O=C1C(c2ccc(F)cc2)=C(N2CCC(Cc3ccccc3)CC2)C(=O)N1Cc1ccncc1. The third-order valence-electron chi connectivity index (χ3n) is 6.66. The van der Waals surface area contributed by atoms with Crippen LogP contribution in [0.25, 0.3) is 5.57 Å². The molecule has 6 heteroatoms.